The zero-order valence-corrected chi connectivity index (χ0v) is 9.89. The molecule has 0 aliphatic rings. The predicted molar refractivity (Wildman–Crippen MR) is 67.9 cm³/mol. The average molecular weight is 238 g/mol. The van der Waals surface area contributed by atoms with Gasteiger partial charge in [0.2, 0.25) is 0 Å². The Morgan fingerprint density at radius 1 is 1.07 bits per heavy atom. The second-order valence-corrected chi connectivity index (χ2v) is 3.64. The van der Waals surface area contributed by atoms with Crippen molar-refractivity contribution in [1.82, 2.24) is 0 Å². The van der Waals surface area contributed by atoms with E-state index in [2.05, 4.69) is 25.8 Å². The van der Waals surface area contributed by atoms with Crippen LogP contribution in [0.3, 0.4) is 0 Å². The van der Waals surface area contributed by atoms with Gasteiger partial charge in [0.15, 0.2) is 0 Å². The number of rotatable bonds is 2. The summed E-state index contributed by atoms with van der Waals surface area (Å²) in [5, 5.41) is 2.09. The third kappa shape index (κ3) is 1.87. The highest BCUT2D eigenvalue weighted by molar-refractivity contribution is 7.75. The van der Waals surface area contributed by atoms with Crippen molar-refractivity contribution in [3.05, 3.63) is 35.9 Å². The first-order valence-corrected chi connectivity index (χ1v) is 5.15. The molecule has 0 unspecified atom stereocenters. The molecule has 15 heavy (non-hydrogen) atoms. The van der Waals surface area contributed by atoms with E-state index in [1.165, 1.54) is 0 Å². The number of hydrogen-bond acceptors (Lipinski definition) is 4. The van der Waals surface area contributed by atoms with E-state index < -0.39 is 0 Å². The Balaban J connectivity index is 2.78. The van der Waals surface area contributed by atoms with Crippen molar-refractivity contribution in [2.75, 3.05) is 0 Å². The van der Waals surface area contributed by atoms with Gasteiger partial charge in [-0.2, -0.15) is 0 Å². The van der Waals surface area contributed by atoms with Gasteiger partial charge in [0, 0.05) is 31.2 Å². The first kappa shape index (κ1) is 10.5. The average Bonchev–Trinajstić information content (AvgIpc) is 2.27. The fourth-order valence-electron chi connectivity index (χ4n) is 1.70. The summed E-state index contributed by atoms with van der Waals surface area (Å²) in [5.41, 5.74) is 1.07. The van der Waals surface area contributed by atoms with Gasteiger partial charge in [0.25, 0.3) is 0 Å². The summed E-state index contributed by atoms with van der Waals surface area (Å²) >= 11 is 7.62. The second kappa shape index (κ2) is 4.24. The topological polar surface area (TPSA) is 18.5 Å². The van der Waals surface area contributed by atoms with Gasteiger partial charge in [0.05, 0.1) is 0 Å². The number of hydrogen-bond donors (Lipinski definition) is 2. The van der Waals surface area contributed by atoms with Crippen LogP contribution in [0.4, 0.5) is 0 Å². The minimum absolute atomic E-state index is 0.722. The molecule has 0 fully saturated rings. The highest BCUT2D eigenvalue weighted by Gasteiger charge is 2.06. The third-order valence-corrected chi connectivity index (χ3v) is 2.72. The van der Waals surface area contributed by atoms with E-state index in [1.807, 2.05) is 37.3 Å². The third-order valence-electron chi connectivity index (χ3n) is 2.31. The number of benzene rings is 2. The zero-order valence-electron chi connectivity index (χ0n) is 8.10. The Morgan fingerprint density at radius 3 is 2.53 bits per heavy atom. The molecule has 0 bridgehead atoms. The van der Waals surface area contributed by atoms with Crippen LogP contribution in [-0.2, 0) is 0 Å². The van der Waals surface area contributed by atoms with E-state index in [0.717, 1.165) is 27.8 Å². The number of aryl methyl sites for hydroxylation is 1. The monoisotopic (exact) mass is 238 g/mol. The molecule has 2 rings (SSSR count). The fraction of sp³-hybridized carbons (Fsp3) is 0.0909. The summed E-state index contributed by atoms with van der Waals surface area (Å²) in [5.74, 6) is 1.47. The summed E-state index contributed by atoms with van der Waals surface area (Å²) in [6.07, 6.45) is 0. The van der Waals surface area contributed by atoms with Crippen LogP contribution in [0.25, 0.3) is 10.8 Å². The smallest absolute Gasteiger partial charge is 0.145 e. The SMILES string of the molecule is Cc1cc(OS)cc2cccc(OS)c12. The van der Waals surface area contributed by atoms with Crippen molar-refractivity contribution < 1.29 is 8.37 Å². The molecular formula is C11H10O2S2. The van der Waals surface area contributed by atoms with Gasteiger partial charge in [-0.3, -0.25) is 0 Å². The van der Waals surface area contributed by atoms with Crippen LogP contribution in [0.1, 0.15) is 5.56 Å². The lowest BCUT2D eigenvalue weighted by molar-refractivity contribution is 0.657. The van der Waals surface area contributed by atoms with Crippen molar-refractivity contribution in [2.24, 2.45) is 0 Å². The highest BCUT2D eigenvalue weighted by Crippen LogP contribution is 2.32. The lowest BCUT2D eigenvalue weighted by atomic mass is 10.0. The van der Waals surface area contributed by atoms with Crippen molar-refractivity contribution >= 4 is 36.6 Å². The molecule has 0 aliphatic heterocycles. The van der Waals surface area contributed by atoms with Gasteiger partial charge in [-0.1, -0.05) is 12.1 Å². The van der Waals surface area contributed by atoms with Crippen molar-refractivity contribution in [1.29, 1.82) is 0 Å². The molecule has 0 aliphatic carbocycles. The molecule has 2 aromatic carbocycles. The van der Waals surface area contributed by atoms with E-state index in [0.29, 0.717) is 0 Å². The van der Waals surface area contributed by atoms with Gasteiger partial charge in [0.1, 0.15) is 11.5 Å². The molecule has 4 heteroatoms. The van der Waals surface area contributed by atoms with Crippen LogP contribution in [0.15, 0.2) is 30.3 Å². The van der Waals surface area contributed by atoms with E-state index >= 15 is 0 Å². The molecule has 2 nitrogen and oxygen atoms in total. The maximum Gasteiger partial charge on any atom is 0.145 e. The molecule has 0 heterocycles. The fourth-order valence-corrected chi connectivity index (χ4v) is 1.96. The standard InChI is InChI=1S/C11H10O2S2/c1-7-5-9(12-14)6-8-3-2-4-10(13-15)11(7)8/h2-6,14-15H,1H3. The Labute approximate surface area is 99.4 Å². The highest BCUT2D eigenvalue weighted by atomic mass is 32.1. The molecule has 78 valence electrons. The number of fused-ring (bicyclic) bond motifs is 1. The molecule has 0 saturated heterocycles. The first-order chi connectivity index (χ1) is 7.26. The summed E-state index contributed by atoms with van der Waals surface area (Å²) in [6.45, 7) is 1.99. The lowest BCUT2D eigenvalue weighted by Crippen LogP contribution is -1.85. The predicted octanol–water partition coefficient (Wildman–Crippen LogP) is 3.60. The van der Waals surface area contributed by atoms with Gasteiger partial charge in [-0.05, 0) is 36.1 Å². The van der Waals surface area contributed by atoms with Crippen LogP contribution < -0.4 is 8.37 Å². The Morgan fingerprint density at radius 2 is 1.87 bits per heavy atom. The minimum Gasteiger partial charge on any atom is -0.429 e. The van der Waals surface area contributed by atoms with Crippen molar-refractivity contribution in [3.63, 3.8) is 0 Å². The van der Waals surface area contributed by atoms with Crippen LogP contribution in [0, 0.1) is 6.92 Å². The Kier molecular flexibility index (Phi) is 2.98. The second-order valence-electron chi connectivity index (χ2n) is 3.28. The molecule has 0 amide bonds. The largest absolute Gasteiger partial charge is 0.429 e. The van der Waals surface area contributed by atoms with Crippen molar-refractivity contribution in [2.45, 2.75) is 6.92 Å². The maximum absolute atomic E-state index is 5.02. The molecule has 0 spiro atoms. The van der Waals surface area contributed by atoms with Crippen LogP contribution in [0.2, 0.25) is 0 Å². The molecule has 0 saturated carbocycles. The summed E-state index contributed by atoms with van der Waals surface area (Å²) in [6, 6.07) is 9.60. The molecule has 0 N–H and O–H groups in total. The number of thiol groups is 2. The van der Waals surface area contributed by atoms with Gasteiger partial charge >= 0.3 is 0 Å². The summed E-state index contributed by atoms with van der Waals surface area (Å²) < 4.78 is 9.93. The quantitative estimate of drug-likeness (QED) is 0.615. The van der Waals surface area contributed by atoms with Crippen LogP contribution in [0.5, 0.6) is 11.5 Å². The minimum atomic E-state index is 0.722. The van der Waals surface area contributed by atoms with E-state index in [1.54, 1.807) is 0 Å². The van der Waals surface area contributed by atoms with E-state index in [4.69, 9.17) is 8.37 Å². The zero-order chi connectivity index (χ0) is 10.8. The van der Waals surface area contributed by atoms with Gasteiger partial charge in [-0.25, -0.2) is 0 Å². The molecule has 0 aromatic heterocycles. The Bertz CT molecular complexity index is 497. The molecule has 0 radical (unpaired) electrons. The molecule has 0 atom stereocenters. The van der Waals surface area contributed by atoms with Gasteiger partial charge in [-0.15, -0.1) is 0 Å². The Hall–Kier alpha value is -1.00. The van der Waals surface area contributed by atoms with Crippen LogP contribution in [-0.4, -0.2) is 0 Å². The normalized spacial score (nSPS) is 10.3. The van der Waals surface area contributed by atoms with E-state index in [-0.39, 0.29) is 0 Å². The lowest BCUT2D eigenvalue weighted by Gasteiger charge is -2.08. The van der Waals surface area contributed by atoms with Gasteiger partial charge < -0.3 is 8.37 Å². The molecule has 2 aromatic rings. The summed E-state index contributed by atoms with van der Waals surface area (Å²) in [4.78, 5) is 0. The van der Waals surface area contributed by atoms with E-state index in [9.17, 15) is 0 Å². The van der Waals surface area contributed by atoms with Crippen molar-refractivity contribution in [3.8, 4) is 11.5 Å². The molecular weight excluding hydrogens is 228 g/mol. The van der Waals surface area contributed by atoms with Crippen LogP contribution >= 0.6 is 25.8 Å². The summed E-state index contributed by atoms with van der Waals surface area (Å²) in [7, 11) is 0. The first-order valence-electron chi connectivity index (χ1n) is 4.42. The maximum atomic E-state index is 5.02.